The summed E-state index contributed by atoms with van der Waals surface area (Å²) < 4.78 is 18.1. The molecule has 6 rings (SSSR count). The van der Waals surface area contributed by atoms with E-state index < -0.39 is 30.2 Å². The van der Waals surface area contributed by atoms with Crippen molar-refractivity contribution < 1.29 is 38.5 Å². The van der Waals surface area contributed by atoms with Gasteiger partial charge in [0, 0.05) is 35.2 Å². The molecule has 50 heavy (non-hydrogen) atoms. The number of aliphatic hydroxyl groups is 1. The number of imide groups is 1. The van der Waals surface area contributed by atoms with Gasteiger partial charge in [0.2, 0.25) is 11.8 Å². The number of hydrogen-bond acceptors (Lipinski definition) is 9. The number of carbonyl (C=O) groups is 4. The summed E-state index contributed by atoms with van der Waals surface area (Å²) in [5, 5.41) is 14.8. The van der Waals surface area contributed by atoms with Crippen LogP contribution in [0.1, 0.15) is 54.4 Å². The first-order chi connectivity index (χ1) is 24.2. The number of nitrogens with one attached hydrogen (secondary N) is 2. The predicted octanol–water partition coefficient (Wildman–Crippen LogP) is 6.03. The second-order valence-corrected chi connectivity index (χ2v) is 13.1. The second-order valence-electron chi connectivity index (χ2n) is 12.0. The van der Waals surface area contributed by atoms with E-state index in [1.165, 1.54) is 6.92 Å². The molecule has 258 valence electrons. The molecule has 1 unspecified atom stereocenters. The van der Waals surface area contributed by atoms with E-state index in [0.717, 1.165) is 32.2 Å². The first-order valence-electron chi connectivity index (χ1n) is 16.2. The molecule has 11 nitrogen and oxygen atoms in total. The Labute approximate surface area is 293 Å². The maximum Gasteiger partial charge on any atom is 0.408 e. The maximum atomic E-state index is 13.2. The van der Waals surface area contributed by atoms with Gasteiger partial charge in [-0.1, -0.05) is 66.7 Å². The second kappa shape index (κ2) is 16.1. The quantitative estimate of drug-likeness (QED) is 0.127. The van der Waals surface area contributed by atoms with Gasteiger partial charge in [0.1, 0.15) is 12.6 Å². The molecule has 0 aliphatic carbocycles. The fourth-order valence-electron chi connectivity index (χ4n) is 5.75. The zero-order valence-electron chi connectivity index (χ0n) is 27.3. The van der Waals surface area contributed by atoms with E-state index in [9.17, 15) is 24.3 Å². The van der Waals surface area contributed by atoms with Crippen molar-refractivity contribution in [2.24, 2.45) is 0 Å². The third-order valence-electron chi connectivity index (χ3n) is 8.30. The zero-order chi connectivity index (χ0) is 35.0. The average Bonchev–Trinajstić information content (AvgIpc) is 3.41. The molecule has 2 fully saturated rings. The average molecular weight is 696 g/mol. The van der Waals surface area contributed by atoms with E-state index in [2.05, 4.69) is 10.6 Å². The minimum absolute atomic E-state index is 0.0411. The molecule has 12 heteroatoms. The van der Waals surface area contributed by atoms with Crippen LogP contribution in [0.5, 0.6) is 0 Å². The lowest BCUT2D eigenvalue weighted by atomic mass is 10.0. The van der Waals surface area contributed by atoms with Gasteiger partial charge < -0.3 is 30.0 Å². The highest BCUT2D eigenvalue weighted by Gasteiger charge is 2.41. The van der Waals surface area contributed by atoms with Crippen molar-refractivity contribution in [3.05, 3.63) is 125 Å². The number of benzene rings is 4. The van der Waals surface area contributed by atoms with E-state index in [1.807, 2.05) is 78.9 Å². The molecule has 0 saturated carbocycles. The molecule has 4 aromatic carbocycles. The van der Waals surface area contributed by atoms with E-state index in [1.54, 1.807) is 36.0 Å². The summed E-state index contributed by atoms with van der Waals surface area (Å²) in [6.45, 7) is 1.46. The number of amides is 4. The van der Waals surface area contributed by atoms with Gasteiger partial charge in [-0.3, -0.25) is 14.4 Å². The molecule has 2 saturated heterocycles. The van der Waals surface area contributed by atoms with Gasteiger partial charge in [-0.2, -0.15) is 0 Å². The summed E-state index contributed by atoms with van der Waals surface area (Å²) in [6, 6.07) is 30.2. The molecule has 0 bridgehead atoms. The lowest BCUT2D eigenvalue weighted by Gasteiger charge is -2.36. The summed E-state index contributed by atoms with van der Waals surface area (Å²) >= 11 is 1.63. The Kier molecular flexibility index (Phi) is 11.2. The summed E-state index contributed by atoms with van der Waals surface area (Å²) in [5.74, 6) is -0.468. The van der Waals surface area contributed by atoms with Gasteiger partial charge in [0.05, 0.1) is 30.9 Å². The van der Waals surface area contributed by atoms with Gasteiger partial charge in [0.15, 0.2) is 6.29 Å². The van der Waals surface area contributed by atoms with Gasteiger partial charge in [-0.25, -0.2) is 9.69 Å². The monoisotopic (exact) mass is 695 g/mol. The number of aliphatic hydroxyl groups excluding tert-OH is 1. The molecule has 4 aromatic rings. The Hall–Kier alpha value is -5.01. The number of rotatable bonds is 11. The van der Waals surface area contributed by atoms with Crippen molar-refractivity contribution >= 4 is 47.0 Å². The molecule has 0 aromatic heterocycles. The molecule has 2 aliphatic rings. The Morgan fingerprint density at radius 2 is 1.58 bits per heavy atom. The molecule has 2 aliphatic heterocycles. The number of ether oxygens (including phenoxy) is 3. The third kappa shape index (κ3) is 8.77. The lowest BCUT2D eigenvalue weighted by Crippen LogP contribution is -2.42. The van der Waals surface area contributed by atoms with Crippen LogP contribution in [-0.2, 0) is 41.8 Å². The lowest BCUT2D eigenvalue weighted by molar-refractivity contribution is -0.245. The van der Waals surface area contributed by atoms with E-state index in [4.69, 9.17) is 14.2 Å². The first kappa shape index (κ1) is 34.8. The van der Waals surface area contributed by atoms with E-state index in [0.29, 0.717) is 23.4 Å². The van der Waals surface area contributed by atoms with Crippen LogP contribution in [0.4, 0.5) is 16.2 Å². The number of carbonyl (C=O) groups excluding carboxylic acids is 4. The standard InChI is InChI=1S/C38H37N3O8S/c1-24(43)39-29-13-17-32(18-14-29)50-23-31-19-34(27-9-7-25(21-42)8-10-27)49-37(48-31)28-11-15-30(16-12-28)41-35(44)20-33(36(41)45)40-38(46)47-22-26-5-3-2-4-6-26/h2-18,31,33-34,37,42H,19-23H2,1H3,(H,39,43)(H,40,46)/t31-,33?,34+,37+/m1/s1. The van der Waals surface area contributed by atoms with E-state index >= 15 is 0 Å². The molecule has 0 spiro atoms. The summed E-state index contributed by atoms with van der Waals surface area (Å²) in [6.07, 6.45) is -1.56. The number of thioether (sulfide) groups is 1. The van der Waals surface area contributed by atoms with Crippen LogP contribution in [0.25, 0.3) is 0 Å². The third-order valence-corrected chi connectivity index (χ3v) is 9.44. The van der Waals surface area contributed by atoms with Crippen LogP contribution in [0.2, 0.25) is 0 Å². The molecule has 0 radical (unpaired) electrons. The highest BCUT2D eigenvalue weighted by molar-refractivity contribution is 7.99. The normalized spacial score (nSPS) is 20.4. The Bertz CT molecular complexity index is 1800. The fraction of sp³-hybridized carbons (Fsp3) is 0.263. The smallest absolute Gasteiger partial charge is 0.408 e. The summed E-state index contributed by atoms with van der Waals surface area (Å²) in [7, 11) is 0. The summed E-state index contributed by atoms with van der Waals surface area (Å²) in [5.41, 5.74) is 4.36. The SMILES string of the molecule is CC(=O)Nc1ccc(SC[C@H]2C[C@@H](c3ccc(CO)cc3)O[C@@H](c3ccc(N4C(=O)CC(NC(=O)OCc5ccccc5)C4=O)cc3)O2)cc1. The van der Waals surface area contributed by atoms with Crippen LogP contribution in [-0.4, -0.2) is 46.8 Å². The zero-order valence-corrected chi connectivity index (χ0v) is 28.1. The first-order valence-corrected chi connectivity index (χ1v) is 17.2. The van der Waals surface area contributed by atoms with Crippen molar-refractivity contribution in [2.75, 3.05) is 16.0 Å². The van der Waals surface area contributed by atoms with Crippen LogP contribution >= 0.6 is 11.8 Å². The molecular weight excluding hydrogens is 658 g/mol. The highest BCUT2D eigenvalue weighted by atomic mass is 32.2. The van der Waals surface area contributed by atoms with Crippen molar-refractivity contribution in [3.8, 4) is 0 Å². The van der Waals surface area contributed by atoms with Crippen LogP contribution in [0, 0.1) is 0 Å². The van der Waals surface area contributed by atoms with Gasteiger partial charge >= 0.3 is 6.09 Å². The molecule has 4 amide bonds. The van der Waals surface area contributed by atoms with Crippen molar-refractivity contribution in [1.29, 1.82) is 0 Å². The fourth-order valence-corrected chi connectivity index (χ4v) is 6.67. The molecular formula is C38H37N3O8S. The van der Waals surface area contributed by atoms with Crippen molar-refractivity contribution in [2.45, 2.75) is 62.4 Å². The Balaban J connectivity index is 1.12. The van der Waals surface area contributed by atoms with Gasteiger partial charge in [0.25, 0.3) is 5.91 Å². The van der Waals surface area contributed by atoms with Gasteiger partial charge in [-0.15, -0.1) is 11.8 Å². The number of hydrogen-bond donors (Lipinski definition) is 3. The van der Waals surface area contributed by atoms with Crippen LogP contribution in [0.15, 0.2) is 108 Å². The maximum absolute atomic E-state index is 13.2. The van der Waals surface area contributed by atoms with E-state index in [-0.39, 0.29) is 37.7 Å². The Morgan fingerprint density at radius 1 is 0.880 bits per heavy atom. The van der Waals surface area contributed by atoms with Crippen LogP contribution in [0.3, 0.4) is 0 Å². The van der Waals surface area contributed by atoms with Gasteiger partial charge in [-0.05, 0) is 53.1 Å². The van der Waals surface area contributed by atoms with Crippen molar-refractivity contribution in [3.63, 3.8) is 0 Å². The molecule has 2 heterocycles. The molecule has 3 N–H and O–H groups in total. The predicted molar refractivity (Wildman–Crippen MR) is 187 cm³/mol. The topological polar surface area (TPSA) is 144 Å². The Morgan fingerprint density at radius 3 is 2.26 bits per heavy atom. The van der Waals surface area contributed by atoms with Crippen molar-refractivity contribution in [1.82, 2.24) is 5.32 Å². The number of alkyl carbamates (subject to hydrolysis) is 1. The number of nitrogens with zero attached hydrogens (tertiary/aromatic N) is 1. The summed E-state index contributed by atoms with van der Waals surface area (Å²) in [4.78, 5) is 52.0. The minimum Gasteiger partial charge on any atom is -0.445 e. The number of anilines is 2. The molecule has 4 atom stereocenters. The largest absolute Gasteiger partial charge is 0.445 e. The minimum atomic E-state index is -1.03. The van der Waals surface area contributed by atoms with Crippen LogP contribution < -0.4 is 15.5 Å². The highest BCUT2D eigenvalue weighted by Crippen LogP contribution is 2.40.